The van der Waals surface area contributed by atoms with Gasteiger partial charge >= 0.3 is 6.03 Å². The van der Waals surface area contributed by atoms with Crippen molar-refractivity contribution in [2.75, 3.05) is 5.32 Å². The number of anilines is 1. The van der Waals surface area contributed by atoms with E-state index in [1.165, 1.54) is 12.8 Å². The van der Waals surface area contributed by atoms with Crippen LogP contribution in [0.15, 0.2) is 54.0 Å². The van der Waals surface area contributed by atoms with Crippen LogP contribution in [0.2, 0.25) is 0 Å². The second kappa shape index (κ2) is 8.39. The van der Waals surface area contributed by atoms with Gasteiger partial charge in [0.1, 0.15) is 5.01 Å². The smallest absolute Gasteiger partial charge is 0.318 e. The molecule has 5 rings (SSSR count). The lowest BCUT2D eigenvalue weighted by Crippen LogP contribution is -2.39. The number of carbonyl (C=O) groups is 1. The lowest BCUT2D eigenvalue weighted by atomic mass is 10.1. The minimum atomic E-state index is -0.101. The Hall–Kier alpha value is -3.19. The van der Waals surface area contributed by atoms with Crippen molar-refractivity contribution in [1.82, 2.24) is 19.7 Å². The number of urea groups is 1. The molecule has 0 aliphatic heterocycles. The topological polar surface area (TPSA) is 63.1 Å². The van der Waals surface area contributed by atoms with E-state index in [9.17, 15) is 4.79 Å². The molecule has 4 aromatic rings. The van der Waals surface area contributed by atoms with Crippen molar-refractivity contribution in [2.45, 2.75) is 45.2 Å². The summed E-state index contributed by atoms with van der Waals surface area (Å²) in [5.41, 5.74) is 5.22. The quantitative estimate of drug-likeness (QED) is 0.395. The number of hydrogen-bond donors (Lipinski definition) is 1. The van der Waals surface area contributed by atoms with Crippen molar-refractivity contribution in [2.24, 2.45) is 7.05 Å². The second-order valence-corrected chi connectivity index (χ2v) is 9.60. The van der Waals surface area contributed by atoms with Gasteiger partial charge < -0.3 is 10.2 Å². The first-order valence-corrected chi connectivity index (χ1v) is 11.9. The summed E-state index contributed by atoms with van der Waals surface area (Å²) in [6, 6.07) is 14.3. The van der Waals surface area contributed by atoms with E-state index in [-0.39, 0.29) is 12.1 Å². The molecule has 2 aromatic carbocycles. The summed E-state index contributed by atoms with van der Waals surface area (Å²) in [6.45, 7) is 4.62. The first-order chi connectivity index (χ1) is 15.5. The van der Waals surface area contributed by atoms with Gasteiger partial charge in [-0.3, -0.25) is 4.68 Å². The van der Waals surface area contributed by atoms with Crippen molar-refractivity contribution in [3.05, 3.63) is 65.3 Å². The fraction of sp³-hybridized carbons (Fsp3) is 0.320. The largest absolute Gasteiger partial charge is 0.322 e. The van der Waals surface area contributed by atoms with Crippen LogP contribution in [0.4, 0.5) is 10.5 Å². The lowest BCUT2D eigenvalue weighted by Gasteiger charge is -2.27. The van der Waals surface area contributed by atoms with E-state index in [1.54, 1.807) is 11.3 Å². The number of nitrogens with one attached hydrogen (secondary N) is 1. The molecule has 0 unspecified atom stereocenters. The third-order valence-corrected chi connectivity index (χ3v) is 6.76. The fourth-order valence-corrected chi connectivity index (χ4v) is 4.71. The maximum absolute atomic E-state index is 13.2. The van der Waals surface area contributed by atoms with Crippen LogP contribution in [0.3, 0.4) is 0 Å². The zero-order valence-electron chi connectivity index (χ0n) is 18.6. The number of nitrogens with zero attached hydrogens (tertiary/aromatic N) is 4. The Morgan fingerprint density at radius 3 is 2.81 bits per heavy atom. The average Bonchev–Trinajstić information content (AvgIpc) is 3.36. The normalized spacial score (nSPS) is 13.6. The molecule has 6 nitrogen and oxygen atoms in total. The molecule has 1 aliphatic rings. The minimum Gasteiger partial charge on any atom is -0.318 e. The fourth-order valence-electron chi connectivity index (χ4n) is 4.08. The SMILES string of the molecule is CC(C)N(Cc1cccc(-c2nccs2)c1)C(=O)Nc1ccc2c(c1)c(C1CC1)nn2C. The Labute approximate surface area is 191 Å². The van der Waals surface area contributed by atoms with Gasteiger partial charge in [-0.05, 0) is 56.5 Å². The highest BCUT2D eigenvalue weighted by atomic mass is 32.1. The molecule has 1 N–H and O–H groups in total. The van der Waals surface area contributed by atoms with Gasteiger partial charge in [0.2, 0.25) is 0 Å². The summed E-state index contributed by atoms with van der Waals surface area (Å²) in [4.78, 5) is 19.5. The van der Waals surface area contributed by atoms with Crippen molar-refractivity contribution in [3.63, 3.8) is 0 Å². The zero-order chi connectivity index (χ0) is 22.2. The van der Waals surface area contributed by atoms with Crippen LogP contribution in [-0.2, 0) is 13.6 Å². The minimum absolute atomic E-state index is 0.0580. The predicted octanol–water partition coefficient (Wildman–Crippen LogP) is 6.02. The molecular formula is C25H27N5OS. The highest BCUT2D eigenvalue weighted by Gasteiger charge is 2.29. The van der Waals surface area contributed by atoms with E-state index in [0.29, 0.717) is 12.5 Å². The van der Waals surface area contributed by atoms with Gasteiger partial charge in [0.15, 0.2) is 0 Å². The molecule has 0 atom stereocenters. The third kappa shape index (κ3) is 4.12. The highest BCUT2D eigenvalue weighted by Crippen LogP contribution is 2.42. The van der Waals surface area contributed by atoms with E-state index in [4.69, 9.17) is 5.10 Å². The molecule has 1 saturated carbocycles. The number of aryl methyl sites for hydroxylation is 1. The molecule has 0 saturated heterocycles. The number of carbonyl (C=O) groups excluding carboxylic acids is 1. The molecular weight excluding hydrogens is 418 g/mol. The van der Waals surface area contributed by atoms with Crippen LogP contribution >= 0.6 is 11.3 Å². The molecule has 0 radical (unpaired) electrons. The Kier molecular flexibility index (Phi) is 5.43. The van der Waals surface area contributed by atoms with Gasteiger partial charge in [-0.1, -0.05) is 18.2 Å². The average molecular weight is 446 g/mol. The van der Waals surface area contributed by atoms with E-state index < -0.39 is 0 Å². The summed E-state index contributed by atoms with van der Waals surface area (Å²) in [5, 5.41) is 11.9. The molecule has 0 spiro atoms. The summed E-state index contributed by atoms with van der Waals surface area (Å²) >= 11 is 1.62. The number of benzene rings is 2. The molecule has 164 valence electrons. The van der Waals surface area contributed by atoms with E-state index in [2.05, 4.69) is 34.6 Å². The summed E-state index contributed by atoms with van der Waals surface area (Å²) in [6.07, 6.45) is 4.21. The van der Waals surface area contributed by atoms with Crippen molar-refractivity contribution < 1.29 is 4.79 Å². The second-order valence-electron chi connectivity index (χ2n) is 8.70. The van der Waals surface area contributed by atoms with Crippen molar-refractivity contribution >= 4 is 34.0 Å². The number of thiazole rings is 1. The maximum atomic E-state index is 13.2. The number of hydrogen-bond acceptors (Lipinski definition) is 4. The van der Waals surface area contributed by atoms with E-state index in [1.807, 2.05) is 60.3 Å². The van der Waals surface area contributed by atoms with Crippen LogP contribution in [-0.4, -0.2) is 31.7 Å². The molecule has 2 amide bonds. The third-order valence-electron chi connectivity index (χ3n) is 5.94. The molecule has 0 bridgehead atoms. The molecule has 7 heteroatoms. The van der Waals surface area contributed by atoms with Gasteiger partial charge in [-0.2, -0.15) is 5.10 Å². The monoisotopic (exact) mass is 445 g/mol. The Balaban J connectivity index is 1.36. The number of rotatable bonds is 6. The molecule has 1 aliphatic carbocycles. The summed E-state index contributed by atoms with van der Waals surface area (Å²) in [5.74, 6) is 0.557. The van der Waals surface area contributed by atoms with E-state index in [0.717, 1.165) is 38.4 Å². The van der Waals surface area contributed by atoms with Gasteiger partial charge in [0, 0.05) is 53.8 Å². The first-order valence-electron chi connectivity index (χ1n) is 11.0. The van der Waals surface area contributed by atoms with Crippen LogP contribution < -0.4 is 5.32 Å². The van der Waals surface area contributed by atoms with Gasteiger partial charge in [0.25, 0.3) is 0 Å². The first kappa shape index (κ1) is 20.7. The van der Waals surface area contributed by atoms with Crippen LogP contribution in [0.25, 0.3) is 21.5 Å². The Bertz CT molecular complexity index is 1260. The van der Waals surface area contributed by atoms with Crippen LogP contribution in [0, 0.1) is 0 Å². The standard InChI is InChI=1S/C25H27N5OS/c1-16(2)30(15-17-5-4-6-19(13-17)24-26-11-12-32-24)25(31)27-20-9-10-22-21(14-20)23(18-7-8-18)28-29(22)3/h4-6,9-14,16,18H,7-8,15H2,1-3H3,(H,27,31). The maximum Gasteiger partial charge on any atom is 0.322 e. The zero-order valence-corrected chi connectivity index (χ0v) is 19.4. The van der Waals surface area contributed by atoms with Gasteiger partial charge in [-0.25, -0.2) is 9.78 Å². The molecule has 2 heterocycles. The summed E-state index contributed by atoms with van der Waals surface area (Å²) < 4.78 is 1.93. The number of aromatic nitrogens is 3. The van der Waals surface area contributed by atoms with Gasteiger partial charge in [0.05, 0.1) is 11.2 Å². The highest BCUT2D eigenvalue weighted by molar-refractivity contribution is 7.13. The van der Waals surface area contributed by atoms with Crippen molar-refractivity contribution in [1.29, 1.82) is 0 Å². The van der Waals surface area contributed by atoms with Crippen molar-refractivity contribution in [3.8, 4) is 10.6 Å². The summed E-state index contributed by atoms with van der Waals surface area (Å²) in [7, 11) is 1.98. The number of amides is 2. The molecule has 1 fully saturated rings. The Morgan fingerprint density at radius 1 is 1.25 bits per heavy atom. The van der Waals surface area contributed by atoms with Gasteiger partial charge in [-0.15, -0.1) is 11.3 Å². The predicted molar refractivity (Wildman–Crippen MR) is 130 cm³/mol. The molecule has 32 heavy (non-hydrogen) atoms. The number of fused-ring (bicyclic) bond motifs is 1. The van der Waals surface area contributed by atoms with Crippen LogP contribution in [0.1, 0.15) is 43.9 Å². The van der Waals surface area contributed by atoms with E-state index >= 15 is 0 Å². The lowest BCUT2D eigenvalue weighted by molar-refractivity contribution is 0.193. The molecule has 2 aromatic heterocycles. The Morgan fingerprint density at radius 2 is 2.09 bits per heavy atom. The van der Waals surface area contributed by atoms with Crippen LogP contribution in [0.5, 0.6) is 0 Å².